The number of aromatic nitrogens is 1. The van der Waals surface area contributed by atoms with Crippen LogP contribution in [0.5, 0.6) is 11.5 Å². The van der Waals surface area contributed by atoms with Crippen LogP contribution in [-0.2, 0) is 0 Å². The molecule has 0 saturated carbocycles. The number of fused-ring (bicyclic) bond motifs is 1. The normalized spacial score (nSPS) is 12.3. The lowest BCUT2D eigenvalue weighted by molar-refractivity contribution is 0.102. The first-order chi connectivity index (χ1) is 13.2. The second kappa shape index (κ2) is 7.37. The van der Waals surface area contributed by atoms with Crippen molar-refractivity contribution in [2.45, 2.75) is 6.92 Å². The monoisotopic (exact) mass is 361 g/mol. The first-order valence-corrected chi connectivity index (χ1v) is 8.69. The number of carbonyl (C=O) groups excluding carboxylic acids is 1. The Kier molecular flexibility index (Phi) is 4.61. The number of para-hydroxylation sites is 1. The van der Waals surface area contributed by atoms with Gasteiger partial charge in [0.15, 0.2) is 11.5 Å². The fourth-order valence-electron chi connectivity index (χ4n) is 2.78. The quantitative estimate of drug-likeness (QED) is 0.730. The lowest BCUT2D eigenvalue weighted by Gasteiger charge is -2.19. The molecule has 2 aromatic carbocycles. The van der Waals surface area contributed by atoms with Crippen LogP contribution in [0.1, 0.15) is 15.9 Å². The standard InChI is InChI=1S/C21H19N3O3/c1-14-4-2-3-5-17(14)24-20-9-6-15(13-22-20)21(25)23-16-7-8-18-19(12-16)27-11-10-26-18/h2-9,12-13H,10-11H2,1H3,(H,22,24)(H,23,25). The topological polar surface area (TPSA) is 72.5 Å². The Bertz CT molecular complexity index is 971. The zero-order chi connectivity index (χ0) is 18.6. The number of aryl methyl sites for hydroxylation is 1. The Morgan fingerprint density at radius 2 is 1.81 bits per heavy atom. The zero-order valence-electron chi connectivity index (χ0n) is 14.9. The largest absolute Gasteiger partial charge is 0.486 e. The summed E-state index contributed by atoms with van der Waals surface area (Å²) in [6.07, 6.45) is 1.55. The van der Waals surface area contributed by atoms with Crippen molar-refractivity contribution < 1.29 is 14.3 Å². The zero-order valence-corrected chi connectivity index (χ0v) is 14.9. The van der Waals surface area contributed by atoms with Crippen molar-refractivity contribution in [2.24, 2.45) is 0 Å². The minimum atomic E-state index is -0.235. The van der Waals surface area contributed by atoms with Crippen molar-refractivity contribution in [2.75, 3.05) is 23.8 Å². The van der Waals surface area contributed by atoms with Crippen LogP contribution in [0.3, 0.4) is 0 Å². The molecule has 0 bridgehead atoms. The molecule has 27 heavy (non-hydrogen) atoms. The van der Waals surface area contributed by atoms with Gasteiger partial charge in [0.1, 0.15) is 19.0 Å². The molecule has 0 unspecified atom stereocenters. The molecule has 1 amide bonds. The number of pyridine rings is 1. The molecule has 6 heteroatoms. The molecule has 2 N–H and O–H groups in total. The number of hydrogen-bond acceptors (Lipinski definition) is 5. The Morgan fingerprint density at radius 1 is 1.00 bits per heavy atom. The third-order valence-corrected chi connectivity index (χ3v) is 4.23. The highest BCUT2D eigenvalue weighted by Crippen LogP contribution is 2.32. The average molecular weight is 361 g/mol. The van der Waals surface area contributed by atoms with E-state index >= 15 is 0 Å². The molecule has 0 atom stereocenters. The van der Waals surface area contributed by atoms with E-state index in [1.165, 1.54) is 0 Å². The van der Waals surface area contributed by atoms with Crippen LogP contribution < -0.4 is 20.1 Å². The molecule has 136 valence electrons. The SMILES string of the molecule is Cc1ccccc1Nc1ccc(C(=O)Nc2ccc3c(c2)OCCO3)cn1. The number of nitrogens with one attached hydrogen (secondary N) is 2. The van der Waals surface area contributed by atoms with Crippen LogP contribution in [0, 0.1) is 6.92 Å². The molecule has 1 aromatic heterocycles. The molecule has 3 aromatic rings. The van der Waals surface area contributed by atoms with Gasteiger partial charge in [0.2, 0.25) is 0 Å². The van der Waals surface area contributed by atoms with Gasteiger partial charge in [-0.15, -0.1) is 0 Å². The molecule has 2 heterocycles. The van der Waals surface area contributed by atoms with Crippen LogP contribution in [-0.4, -0.2) is 24.1 Å². The summed E-state index contributed by atoms with van der Waals surface area (Å²) in [6.45, 7) is 3.06. The van der Waals surface area contributed by atoms with Crippen LogP contribution in [0.25, 0.3) is 0 Å². The Balaban J connectivity index is 1.44. The maximum absolute atomic E-state index is 12.5. The number of anilines is 3. The molecule has 6 nitrogen and oxygen atoms in total. The molecule has 0 aliphatic carbocycles. The summed E-state index contributed by atoms with van der Waals surface area (Å²) in [7, 11) is 0. The van der Waals surface area contributed by atoms with Gasteiger partial charge in [-0.3, -0.25) is 4.79 Å². The molecular weight excluding hydrogens is 342 g/mol. The highest BCUT2D eigenvalue weighted by atomic mass is 16.6. The predicted octanol–water partition coefficient (Wildman–Crippen LogP) is 4.16. The average Bonchev–Trinajstić information content (AvgIpc) is 2.70. The number of hydrogen-bond donors (Lipinski definition) is 2. The van der Waals surface area contributed by atoms with Gasteiger partial charge in [0.25, 0.3) is 5.91 Å². The van der Waals surface area contributed by atoms with E-state index in [1.807, 2.05) is 31.2 Å². The Labute approximate surface area is 157 Å². The molecule has 1 aliphatic heterocycles. The lowest BCUT2D eigenvalue weighted by atomic mass is 10.2. The third-order valence-electron chi connectivity index (χ3n) is 4.23. The van der Waals surface area contributed by atoms with Crippen molar-refractivity contribution >= 4 is 23.1 Å². The van der Waals surface area contributed by atoms with E-state index in [2.05, 4.69) is 15.6 Å². The fraction of sp³-hybridized carbons (Fsp3) is 0.143. The maximum atomic E-state index is 12.5. The first kappa shape index (κ1) is 16.9. The third kappa shape index (κ3) is 3.84. The smallest absolute Gasteiger partial charge is 0.257 e. The van der Waals surface area contributed by atoms with E-state index in [1.54, 1.807) is 36.5 Å². The van der Waals surface area contributed by atoms with Crippen molar-refractivity contribution in [3.05, 3.63) is 71.9 Å². The van der Waals surface area contributed by atoms with Crippen molar-refractivity contribution in [3.63, 3.8) is 0 Å². The lowest BCUT2D eigenvalue weighted by Crippen LogP contribution is -2.16. The number of benzene rings is 2. The molecule has 4 rings (SSSR count). The molecule has 0 saturated heterocycles. The first-order valence-electron chi connectivity index (χ1n) is 8.69. The summed E-state index contributed by atoms with van der Waals surface area (Å²) in [5, 5.41) is 6.10. The summed E-state index contributed by atoms with van der Waals surface area (Å²) < 4.78 is 11.0. The second-order valence-electron chi connectivity index (χ2n) is 6.18. The highest BCUT2D eigenvalue weighted by Gasteiger charge is 2.13. The summed E-state index contributed by atoms with van der Waals surface area (Å²) in [5.41, 5.74) is 3.23. The second-order valence-corrected chi connectivity index (χ2v) is 6.18. The number of ether oxygens (including phenoxy) is 2. The Hall–Kier alpha value is -3.54. The fourth-order valence-corrected chi connectivity index (χ4v) is 2.78. The maximum Gasteiger partial charge on any atom is 0.257 e. The van der Waals surface area contributed by atoms with Gasteiger partial charge in [-0.05, 0) is 42.8 Å². The van der Waals surface area contributed by atoms with Crippen molar-refractivity contribution in [1.29, 1.82) is 0 Å². The molecule has 0 radical (unpaired) electrons. The molecular formula is C21H19N3O3. The molecule has 0 spiro atoms. The van der Waals surface area contributed by atoms with Gasteiger partial charge >= 0.3 is 0 Å². The summed E-state index contributed by atoms with van der Waals surface area (Å²) in [4.78, 5) is 16.8. The van der Waals surface area contributed by atoms with Crippen LogP contribution in [0.4, 0.5) is 17.2 Å². The van der Waals surface area contributed by atoms with Gasteiger partial charge in [-0.1, -0.05) is 18.2 Å². The van der Waals surface area contributed by atoms with E-state index in [0.717, 1.165) is 11.3 Å². The number of amides is 1. The molecule has 0 fully saturated rings. The number of nitrogens with zero attached hydrogens (tertiary/aromatic N) is 1. The van der Waals surface area contributed by atoms with Crippen LogP contribution in [0.15, 0.2) is 60.8 Å². The van der Waals surface area contributed by atoms with E-state index in [9.17, 15) is 4.79 Å². The van der Waals surface area contributed by atoms with Crippen LogP contribution >= 0.6 is 0 Å². The van der Waals surface area contributed by atoms with E-state index in [4.69, 9.17) is 9.47 Å². The van der Waals surface area contributed by atoms with Crippen LogP contribution in [0.2, 0.25) is 0 Å². The number of rotatable bonds is 4. The number of carbonyl (C=O) groups is 1. The highest BCUT2D eigenvalue weighted by molar-refractivity contribution is 6.04. The van der Waals surface area contributed by atoms with Gasteiger partial charge in [0, 0.05) is 23.6 Å². The van der Waals surface area contributed by atoms with Crippen molar-refractivity contribution in [1.82, 2.24) is 4.98 Å². The van der Waals surface area contributed by atoms with Gasteiger partial charge < -0.3 is 20.1 Å². The van der Waals surface area contributed by atoms with E-state index < -0.39 is 0 Å². The summed E-state index contributed by atoms with van der Waals surface area (Å²) in [5.74, 6) is 1.77. The van der Waals surface area contributed by atoms with Gasteiger partial charge in [-0.2, -0.15) is 0 Å². The predicted molar refractivity (Wildman–Crippen MR) is 104 cm³/mol. The van der Waals surface area contributed by atoms with Gasteiger partial charge in [0.05, 0.1) is 5.56 Å². The minimum Gasteiger partial charge on any atom is -0.486 e. The summed E-state index contributed by atoms with van der Waals surface area (Å²) >= 11 is 0. The van der Waals surface area contributed by atoms with Gasteiger partial charge in [-0.25, -0.2) is 4.98 Å². The minimum absolute atomic E-state index is 0.235. The van der Waals surface area contributed by atoms with Crippen molar-refractivity contribution in [3.8, 4) is 11.5 Å². The van der Waals surface area contributed by atoms with E-state index in [-0.39, 0.29) is 5.91 Å². The summed E-state index contributed by atoms with van der Waals surface area (Å²) in [6, 6.07) is 16.8. The van der Waals surface area contributed by atoms with E-state index in [0.29, 0.717) is 41.8 Å². The Morgan fingerprint density at radius 3 is 2.59 bits per heavy atom. The molecule has 1 aliphatic rings.